The molecule has 0 spiro atoms. The Hall–Kier alpha value is -1.31. The molecule has 0 aliphatic heterocycles. The molecule has 1 saturated carbocycles. The predicted octanol–water partition coefficient (Wildman–Crippen LogP) is 2.89. The number of nitrogens with zero attached hydrogens (tertiary/aromatic N) is 3. The normalized spacial score (nSPS) is 15.0. The molecule has 0 saturated heterocycles. The number of aryl methyl sites for hydroxylation is 1. The number of rotatable bonds is 4. The molecule has 0 unspecified atom stereocenters. The van der Waals surface area contributed by atoms with Gasteiger partial charge in [-0.15, -0.1) is 24.0 Å². The number of aromatic nitrogens is 1. The number of benzene rings is 1. The fraction of sp³-hybridized carbons (Fsp3) is 0.438. The van der Waals surface area contributed by atoms with Crippen molar-refractivity contribution in [1.82, 2.24) is 9.47 Å². The van der Waals surface area contributed by atoms with Crippen LogP contribution in [0.3, 0.4) is 0 Å². The molecule has 0 radical (unpaired) electrons. The van der Waals surface area contributed by atoms with Crippen molar-refractivity contribution in [2.24, 2.45) is 17.8 Å². The minimum atomic E-state index is -0.205. The molecule has 1 aromatic heterocycles. The van der Waals surface area contributed by atoms with Crippen LogP contribution in [-0.2, 0) is 13.5 Å². The van der Waals surface area contributed by atoms with Crippen LogP contribution in [0.5, 0.6) is 0 Å². The minimum absolute atomic E-state index is 0. The molecule has 22 heavy (non-hydrogen) atoms. The van der Waals surface area contributed by atoms with Gasteiger partial charge in [-0.1, -0.05) is 0 Å². The Labute approximate surface area is 147 Å². The summed E-state index contributed by atoms with van der Waals surface area (Å²) in [7, 11) is 3.93. The van der Waals surface area contributed by atoms with E-state index >= 15 is 0 Å². The summed E-state index contributed by atoms with van der Waals surface area (Å²) in [5.41, 5.74) is 8.07. The highest BCUT2D eigenvalue weighted by Crippen LogP contribution is 2.25. The number of halogens is 2. The molecular formula is C16H22FIN4. The maximum absolute atomic E-state index is 13.3. The summed E-state index contributed by atoms with van der Waals surface area (Å²) in [5.74, 6) is 0.410. The van der Waals surface area contributed by atoms with Gasteiger partial charge in [-0.2, -0.15) is 0 Å². The lowest BCUT2D eigenvalue weighted by atomic mass is 10.1. The summed E-state index contributed by atoms with van der Waals surface area (Å²) < 4.78 is 15.3. The van der Waals surface area contributed by atoms with Crippen LogP contribution in [0.25, 0.3) is 10.9 Å². The topological polar surface area (TPSA) is 46.5 Å². The molecule has 4 nitrogen and oxygen atoms in total. The van der Waals surface area contributed by atoms with Gasteiger partial charge in [0.25, 0.3) is 0 Å². The zero-order chi connectivity index (χ0) is 15.0. The summed E-state index contributed by atoms with van der Waals surface area (Å²) in [4.78, 5) is 6.51. The van der Waals surface area contributed by atoms with Crippen LogP contribution in [0.4, 0.5) is 4.39 Å². The van der Waals surface area contributed by atoms with Crippen LogP contribution in [0.2, 0.25) is 0 Å². The van der Waals surface area contributed by atoms with Gasteiger partial charge >= 0.3 is 0 Å². The first kappa shape index (κ1) is 17.1. The molecule has 1 aliphatic rings. The Kier molecular flexibility index (Phi) is 5.31. The number of guanidine groups is 1. The van der Waals surface area contributed by atoms with E-state index in [0.717, 1.165) is 17.3 Å². The SMILES string of the molecule is CN(C(N)=NCCc1cn(C)c2cc(F)ccc12)C1CC1.I. The number of aliphatic imine (C=N–C) groups is 1. The summed E-state index contributed by atoms with van der Waals surface area (Å²) in [6, 6.07) is 5.49. The number of hydrogen-bond donors (Lipinski definition) is 1. The molecule has 0 amide bonds. The lowest BCUT2D eigenvalue weighted by Crippen LogP contribution is -2.35. The summed E-state index contributed by atoms with van der Waals surface area (Å²) in [6.07, 6.45) is 5.27. The van der Waals surface area contributed by atoms with Crippen LogP contribution in [0.15, 0.2) is 29.4 Å². The van der Waals surface area contributed by atoms with E-state index in [9.17, 15) is 4.39 Å². The fourth-order valence-corrected chi connectivity index (χ4v) is 2.69. The van der Waals surface area contributed by atoms with Crippen LogP contribution in [0.1, 0.15) is 18.4 Å². The third-order valence-corrected chi connectivity index (χ3v) is 4.15. The summed E-state index contributed by atoms with van der Waals surface area (Å²) in [6.45, 7) is 0.652. The summed E-state index contributed by atoms with van der Waals surface area (Å²) in [5, 5.41) is 1.09. The van der Waals surface area contributed by atoms with Crippen molar-refractivity contribution in [2.45, 2.75) is 25.3 Å². The van der Waals surface area contributed by atoms with Gasteiger partial charge in [-0.25, -0.2) is 4.39 Å². The van der Waals surface area contributed by atoms with Gasteiger partial charge in [0.2, 0.25) is 0 Å². The lowest BCUT2D eigenvalue weighted by Gasteiger charge is -2.16. The Balaban J connectivity index is 0.00000176. The average Bonchev–Trinajstić information content (AvgIpc) is 3.25. The van der Waals surface area contributed by atoms with E-state index in [1.54, 1.807) is 6.07 Å². The van der Waals surface area contributed by atoms with Crippen molar-refractivity contribution in [3.63, 3.8) is 0 Å². The van der Waals surface area contributed by atoms with E-state index in [1.165, 1.54) is 24.5 Å². The van der Waals surface area contributed by atoms with E-state index < -0.39 is 0 Å². The van der Waals surface area contributed by atoms with Gasteiger partial charge in [0, 0.05) is 38.3 Å². The third kappa shape index (κ3) is 3.53. The van der Waals surface area contributed by atoms with Gasteiger partial charge in [0.15, 0.2) is 5.96 Å². The molecule has 1 fully saturated rings. The maximum atomic E-state index is 13.3. The molecule has 6 heteroatoms. The van der Waals surface area contributed by atoms with Crippen LogP contribution < -0.4 is 5.73 Å². The Bertz CT molecular complexity index is 691. The molecular weight excluding hydrogens is 394 g/mol. The molecule has 1 aromatic carbocycles. The summed E-state index contributed by atoms with van der Waals surface area (Å²) >= 11 is 0. The van der Waals surface area contributed by atoms with Crippen molar-refractivity contribution in [1.29, 1.82) is 0 Å². The quantitative estimate of drug-likeness (QED) is 0.474. The van der Waals surface area contributed by atoms with E-state index in [1.807, 2.05) is 30.9 Å². The first-order chi connectivity index (χ1) is 10.1. The molecule has 1 aliphatic carbocycles. The molecule has 0 atom stereocenters. The second-order valence-corrected chi connectivity index (χ2v) is 5.76. The largest absolute Gasteiger partial charge is 0.370 e. The zero-order valence-electron chi connectivity index (χ0n) is 12.9. The minimum Gasteiger partial charge on any atom is -0.370 e. The number of fused-ring (bicyclic) bond motifs is 1. The highest BCUT2D eigenvalue weighted by Gasteiger charge is 2.27. The van der Waals surface area contributed by atoms with Gasteiger partial charge in [0.1, 0.15) is 5.82 Å². The average molecular weight is 416 g/mol. The van der Waals surface area contributed by atoms with E-state index in [2.05, 4.69) is 9.89 Å². The second kappa shape index (κ2) is 6.85. The van der Waals surface area contributed by atoms with E-state index in [4.69, 9.17) is 5.73 Å². The first-order valence-corrected chi connectivity index (χ1v) is 7.32. The third-order valence-electron chi connectivity index (χ3n) is 4.15. The number of hydrogen-bond acceptors (Lipinski definition) is 1. The van der Waals surface area contributed by atoms with Crippen molar-refractivity contribution in [3.05, 3.63) is 35.8 Å². The molecule has 2 aromatic rings. The van der Waals surface area contributed by atoms with Crippen LogP contribution >= 0.6 is 24.0 Å². The maximum Gasteiger partial charge on any atom is 0.191 e. The standard InChI is InChI=1S/C16H21FN4.HI/c1-20-10-11(14-6-3-12(17)9-15(14)20)7-8-19-16(18)21(2)13-4-5-13;/h3,6,9-10,13H,4-5,7-8H2,1-2H3,(H2,18,19);1H. The number of nitrogens with two attached hydrogens (primary N) is 1. The van der Waals surface area contributed by atoms with Crippen molar-refractivity contribution in [2.75, 3.05) is 13.6 Å². The zero-order valence-corrected chi connectivity index (χ0v) is 15.3. The van der Waals surface area contributed by atoms with Crippen molar-refractivity contribution >= 4 is 40.8 Å². The van der Waals surface area contributed by atoms with Crippen LogP contribution in [0, 0.1) is 5.82 Å². The van der Waals surface area contributed by atoms with Crippen molar-refractivity contribution in [3.8, 4) is 0 Å². The van der Waals surface area contributed by atoms with Gasteiger partial charge in [0.05, 0.1) is 5.52 Å². The Morgan fingerprint density at radius 1 is 1.45 bits per heavy atom. The highest BCUT2D eigenvalue weighted by atomic mass is 127. The highest BCUT2D eigenvalue weighted by molar-refractivity contribution is 14.0. The lowest BCUT2D eigenvalue weighted by molar-refractivity contribution is 0.487. The van der Waals surface area contributed by atoms with Gasteiger partial charge in [-0.3, -0.25) is 4.99 Å². The second-order valence-electron chi connectivity index (χ2n) is 5.76. The molecule has 3 rings (SSSR count). The Morgan fingerprint density at radius 2 is 2.18 bits per heavy atom. The Morgan fingerprint density at radius 3 is 2.86 bits per heavy atom. The molecule has 120 valence electrons. The fourth-order valence-electron chi connectivity index (χ4n) is 2.69. The molecule has 2 N–H and O–H groups in total. The van der Waals surface area contributed by atoms with Crippen LogP contribution in [-0.4, -0.2) is 35.1 Å². The van der Waals surface area contributed by atoms with Crippen molar-refractivity contribution < 1.29 is 4.39 Å². The van der Waals surface area contributed by atoms with E-state index in [-0.39, 0.29) is 29.8 Å². The first-order valence-electron chi connectivity index (χ1n) is 7.32. The van der Waals surface area contributed by atoms with Gasteiger partial charge in [-0.05, 0) is 43.0 Å². The monoisotopic (exact) mass is 416 g/mol. The van der Waals surface area contributed by atoms with Gasteiger partial charge < -0.3 is 15.2 Å². The smallest absolute Gasteiger partial charge is 0.191 e. The predicted molar refractivity (Wildman–Crippen MR) is 99.3 cm³/mol. The molecule has 1 heterocycles. The molecule has 0 bridgehead atoms. The van der Waals surface area contributed by atoms with E-state index in [0.29, 0.717) is 18.5 Å².